The Morgan fingerprint density at radius 2 is 1.79 bits per heavy atom. The minimum absolute atomic E-state index is 0.105. The number of hydrogen-bond donors (Lipinski definition) is 0. The van der Waals surface area contributed by atoms with Crippen LogP contribution >= 0.6 is 11.6 Å². The van der Waals surface area contributed by atoms with Gasteiger partial charge in [0.1, 0.15) is 6.10 Å². The molecule has 1 amide bonds. The summed E-state index contributed by atoms with van der Waals surface area (Å²) in [5.41, 5.74) is 1.82. The molecular formula is C20H21ClN2O4S. The normalized spacial score (nSPS) is 21.3. The second-order valence-electron chi connectivity index (χ2n) is 7.05. The predicted molar refractivity (Wildman–Crippen MR) is 107 cm³/mol. The molecule has 8 heteroatoms. The average molecular weight is 421 g/mol. The Kier molecular flexibility index (Phi) is 5.07. The number of sulfonamides is 1. The summed E-state index contributed by atoms with van der Waals surface area (Å²) in [6.45, 7) is 2.52. The number of hydrogen-bond acceptors (Lipinski definition) is 4. The van der Waals surface area contributed by atoms with E-state index in [0.717, 1.165) is 11.3 Å². The standard InChI is InChI=1S/C20H21ClN2O4S/c1-14-18-7-2-3-8-19(18)23(20(24)27-14)16-9-11-22(12-10-16)28(25,26)17-6-4-5-15(21)13-17/h2-8,13-14,16H,9-12H2,1H3. The van der Waals surface area contributed by atoms with E-state index in [0.29, 0.717) is 31.0 Å². The van der Waals surface area contributed by atoms with E-state index in [4.69, 9.17) is 16.3 Å². The number of piperidine rings is 1. The number of para-hydroxylation sites is 1. The van der Waals surface area contributed by atoms with Crippen molar-refractivity contribution >= 4 is 33.4 Å². The number of anilines is 1. The number of ether oxygens (including phenoxy) is 1. The van der Waals surface area contributed by atoms with Crippen LogP contribution in [-0.2, 0) is 14.8 Å². The number of carbonyl (C=O) groups is 1. The Morgan fingerprint density at radius 3 is 2.50 bits per heavy atom. The third-order valence-electron chi connectivity index (χ3n) is 5.33. The van der Waals surface area contributed by atoms with E-state index < -0.39 is 10.0 Å². The van der Waals surface area contributed by atoms with Crippen LogP contribution in [0.2, 0.25) is 5.02 Å². The summed E-state index contributed by atoms with van der Waals surface area (Å²) < 4.78 is 32.7. The molecule has 2 aromatic rings. The van der Waals surface area contributed by atoms with Gasteiger partial charge in [-0.05, 0) is 44.0 Å². The van der Waals surface area contributed by atoms with Crippen molar-refractivity contribution < 1.29 is 17.9 Å². The Hall–Kier alpha value is -2.09. The summed E-state index contributed by atoms with van der Waals surface area (Å²) in [7, 11) is -3.61. The molecule has 2 aliphatic heterocycles. The number of rotatable bonds is 3. The zero-order valence-electron chi connectivity index (χ0n) is 15.4. The van der Waals surface area contributed by atoms with Crippen LogP contribution in [-0.4, -0.2) is 37.9 Å². The third-order valence-corrected chi connectivity index (χ3v) is 7.46. The van der Waals surface area contributed by atoms with Crippen LogP contribution in [0.25, 0.3) is 0 Å². The molecule has 0 saturated carbocycles. The minimum Gasteiger partial charge on any atom is -0.441 e. The second-order valence-corrected chi connectivity index (χ2v) is 9.42. The molecule has 6 nitrogen and oxygen atoms in total. The number of carbonyl (C=O) groups excluding carboxylic acids is 1. The van der Waals surface area contributed by atoms with E-state index in [1.807, 2.05) is 31.2 Å². The molecule has 1 atom stereocenters. The molecule has 0 aliphatic carbocycles. The maximum Gasteiger partial charge on any atom is 0.415 e. The largest absolute Gasteiger partial charge is 0.441 e. The van der Waals surface area contributed by atoms with E-state index in [9.17, 15) is 13.2 Å². The number of halogens is 1. The lowest BCUT2D eigenvalue weighted by molar-refractivity contribution is 0.103. The third kappa shape index (κ3) is 3.38. The van der Waals surface area contributed by atoms with Gasteiger partial charge in [-0.1, -0.05) is 35.9 Å². The Balaban J connectivity index is 1.53. The van der Waals surface area contributed by atoms with Crippen LogP contribution in [0, 0.1) is 0 Å². The fourth-order valence-corrected chi connectivity index (χ4v) is 5.65. The summed E-state index contributed by atoms with van der Waals surface area (Å²) in [4.78, 5) is 14.4. The highest BCUT2D eigenvalue weighted by atomic mass is 35.5. The highest BCUT2D eigenvalue weighted by Crippen LogP contribution is 2.37. The highest BCUT2D eigenvalue weighted by molar-refractivity contribution is 7.89. The van der Waals surface area contributed by atoms with Crippen molar-refractivity contribution in [3.63, 3.8) is 0 Å². The lowest BCUT2D eigenvalue weighted by Gasteiger charge is -2.41. The number of benzene rings is 2. The van der Waals surface area contributed by atoms with Gasteiger partial charge in [0.25, 0.3) is 0 Å². The van der Waals surface area contributed by atoms with Crippen molar-refractivity contribution in [2.45, 2.75) is 36.8 Å². The van der Waals surface area contributed by atoms with E-state index in [-0.39, 0.29) is 23.1 Å². The molecule has 1 saturated heterocycles. The van der Waals surface area contributed by atoms with Crippen LogP contribution in [0.15, 0.2) is 53.4 Å². The molecule has 0 aromatic heterocycles. The smallest absolute Gasteiger partial charge is 0.415 e. The van der Waals surface area contributed by atoms with Crippen molar-refractivity contribution in [1.82, 2.24) is 4.31 Å². The SMILES string of the molecule is CC1OC(=O)N(C2CCN(S(=O)(=O)c3cccc(Cl)c3)CC2)c2ccccc21. The summed E-state index contributed by atoms with van der Waals surface area (Å²) in [6.07, 6.45) is 0.417. The summed E-state index contributed by atoms with van der Waals surface area (Å²) in [5.74, 6) is 0. The number of nitrogens with zero attached hydrogens (tertiary/aromatic N) is 2. The van der Waals surface area contributed by atoms with Gasteiger partial charge in [0.05, 0.1) is 10.6 Å². The van der Waals surface area contributed by atoms with Crippen molar-refractivity contribution in [2.24, 2.45) is 0 Å². The van der Waals surface area contributed by atoms with Crippen LogP contribution < -0.4 is 4.90 Å². The van der Waals surface area contributed by atoms with Crippen molar-refractivity contribution in [3.05, 3.63) is 59.1 Å². The molecule has 0 radical (unpaired) electrons. The van der Waals surface area contributed by atoms with Gasteiger partial charge >= 0.3 is 6.09 Å². The summed E-state index contributed by atoms with van der Waals surface area (Å²) >= 11 is 5.95. The van der Waals surface area contributed by atoms with Crippen LogP contribution in [0.4, 0.5) is 10.5 Å². The Morgan fingerprint density at radius 1 is 1.07 bits per heavy atom. The van der Waals surface area contributed by atoms with Gasteiger partial charge in [0.2, 0.25) is 10.0 Å². The van der Waals surface area contributed by atoms with Gasteiger partial charge in [-0.15, -0.1) is 0 Å². The van der Waals surface area contributed by atoms with Gasteiger partial charge < -0.3 is 4.74 Å². The van der Waals surface area contributed by atoms with Crippen LogP contribution in [0.3, 0.4) is 0 Å². The molecule has 148 valence electrons. The first kappa shape index (κ1) is 19.2. The summed E-state index contributed by atoms with van der Waals surface area (Å²) in [5, 5.41) is 0.387. The highest BCUT2D eigenvalue weighted by Gasteiger charge is 2.38. The molecule has 2 aromatic carbocycles. The van der Waals surface area contributed by atoms with Gasteiger partial charge in [0, 0.05) is 29.7 Å². The zero-order valence-corrected chi connectivity index (χ0v) is 17.0. The molecular weight excluding hydrogens is 400 g/mol. The van der Waals surface area contributed by atoms with Crippen molar-refractivity contribution in [1.29, 1.82) is 0 Å². The maximum absolute atomic E-state index is 12.9. The van der Waals surface area contributed by atoms with E-state index in [1.165, 1.54) is 10.4 Å². The number of fused-ring (bicyclic) bond motifs is 1. The van der Waals surface area contributed by atoms with Gasteiger partial charge in [-0.2, -0.15) is 4.31 Å². The summed E-state index contributed by atoms with van der Waals surface area (Å²) in [6, 6.07) is 13.9. The van der Waals surface area contributed by atoms with Gasteiger partial charge in [0.15, 0.2) is 0 Å². The lowest BCUT2D eigenvalue weighted by Crippen LogP contribution is -2.50. The molecule has 1 unspecified atom stereocenters. The first-order chi connectivity index (χ1) is 13.4. The molecule has 4 rings (SSSR count). The Labute approximate surface area is 169 Å². The molecule has 0 bridgehead atoms. The van der Waals surface area contributed by atoms with E-state index >= 15 is 0 Å². The monoisotopic (exact) mass is 420 g/mol. The van der Waals surface area contributed by atoms with Gasteiger partial charge in [-0.3, -0.25) is 4.90 Å². The van der Waals surface area contributed by atoms with E-state index in [1.54, 1.807) is 23.1 Å². The molecule has 0 spiro atoms. The maximum atomic E-state index is 12.9. The molecule has 0 N–H and O–H groups in total. The minimum atomic E-state index is -3.61. The molecule has 28 heavy (non-hydrogen) atoms. The average Bonchev–Trinajstić information content (AvgIpc) is 2.68. The van der Waals surface area contributed by atoms with Crippen LogP contribution in [0.1, 0.15) is 31.4 Å². The van der Waals surface area contributed by atoms with Crippen LogP contribution in [0.5, 0.6) is 0 Å². The lowest BCUT2D eigenvalue weighted by atomic mass is 10.00. The fourth-order valence-electron chi connectivity index (χ4n) is 3.88. The number of amides is 1. The predicted octanol–water partition coefficient (Wildman–Crippen LogP) is 4.21. The molecule has 1 fully saturated rings. The second kappa shape index (κ2) is 7.39. The Bertz CT molecular complexity index is 1000. The van der Waals surface area contributed by atoms with E-state index in [2.05, 4.69) is 0 Å². The van der Waals surface area contributed by atoms with Gasteiger partial charge in [-0.25, -0.2) is 13.2 Å². The fraction of sp³-hybridized carbons (Fsp3) is 0.350. The first-order valence-corrected chi connectivity index (χ1v) is 11.0. The zero-order chi connectivity index (χ0) is 19.9. The molecule has 2 aliphatic rings. The van der Waals surface area contributed by atoms with Crippen molar-refractivity contribution in [2.75, 3.05) is 18.0 Å². The van der Waals surface area contributed by atoms with Crippen molar-refractivity contribution in [3.8, 4) is 0 Å². The first-order valence-electron chi connectivity index (χ1n) is 9.22. The topological polar surface area (TPSA) is 66.9 Å². The number of cyclic esters (lactones) is 1. The quantitative estimate of drug-likeness (QED) is 0.745. The molecule has 2 heterocycles.